The molecule has 3 heterocycles. The Bertz CT molecular complexity index is 1660. The van der Waals surface area contributed by atoms with Gasteiger partial charge in [0, 0.05) is 36.2 Å². The molecule has 2 aromatic carbocycles. The fourth-order valence-electron chi connectivity index (χ4n) is 9.81. The van der Waals surface area contributed by atoms with Crippen LogP contribution in [0.3, 0.4) is 0 Å². The van der Waals surface area contributed by atoms with Crippen molar-refractivity contribution in [3.05, 3.63) is 83.9 Å². The van der Waals surface area contributed by atoms with Gasteiger partial charge in [-0.15, -0.1) is 0 Å². The normalized spacial score (nSPS) is 47.7. The first-order valence-corrected chi connectivity index (χ1v) is 15.9. The highest BCUT2D eigenvalue weighted by Crippen LogP contribution is 2.75. The summed E-state index contributed by atoms with van der Waals surface area (Å²) in [4.78, 5) is 40.6. The lowest BCUT2D eigenvalue weighted by molar-refractivity contribution is -0.443. The van der Waals surface area contributed by atoms with Gasteiger partial charge in [0.25, 0.3) is 0 Å². The fraction of sp³-hybridized carbons (Fsp3) is 0.528. The van der Waals surface area contributed by atoms with E-state index in [9.17, 15) is 19.5 Å². The molecule has 3 aliphatic heterocycles. The second-order valence-electron chi connectivity index (χ2n) is 14.2. The van der Waals surface area contributed by atoms with Crippen molar-refractivity contribution in [3.63, 3.8) is 0 Å². The number of carbonyl (C=O) groups is 3. The Hall–Kier alpha value is -3.41. The minimum absolute atomic E-state index is 0.230. The lowest BCUT2D eigenvalue weighted by atomic mass is 9.52. The number of rotatable bonds is 5. The van der Waals surface area contributed by atoms with Gasteiger partial charge in [0.15, 0.2) is 23.1 Å². The molecule has 242 valence electrons. The molecule has 1 unspecified atom stereocenters. The highest BCUT2D eigenvalue weighted by molar-refractivity contribution is 5.93. The Kier molecular flexibility index (Phi) is 6.09. The van der Waals surface area contributed by atoms with E-state index in [1.54, 1.807) is 38.1 Å². The van der Waals surface area contributed by atoms with Crippen molar-refractivity contribution in [2.24, 2.45) is 23.7 Å². The first-order chi connectivity index (χ1) is 21.8. The second-order valence-corrected chi connectivity index (χ2v) is 14.2. The molecule has 3 saturated carbocycles. The predicted octanol–water partition coefficient (Wildman–Crippen LogP) is 3.85. The molecule has 1 N–H and O–H groups in total. The van der Waals surface area contributed by atoms with Gasteiger partial charge in [0.2, 0.25) is 0 Å². The van der Waals surface area contributed by atoms with Crippen LogP contribution in [0.1, 0.15) is 57.0 Å². The van der Waals surface area contributed by atoms with Crippen molar-refractivity contribution in [1.29, 1.82) is 0 Å². The average molecular weight is 631 g/mol. The lowest BCUT2D eigenvalue weighted by Gasteiger charge is -2.61. The van der Waals surface area contributed by atoms with Crippen molar-refractivity contribution in [2.45, 2.75) is 93.8 Å². The quantitative estimate of drug-likeness (QED) is 0.296. The van der Waals surface area contributed by atoms with Gasteiger partial charge in [-0.3, -0.25) is 9.59 Å². The van der Waals surface area contributed by atoms with Gasteiger partial charge in [0.05, 0.1) is 17.3 Å². The Labute approximate surface area is 266 Å². The van der Waals surface area contributed by atoms with Crippen LogP contribution in [0.25, 0.3) is 0 Å². The number of carbonyl (C=O) groups excluding carboxylic acids is 3. The van der Waals surface area contributed by atoms with E-state index in [4.69, 9.17) is 28.4 Å². The number of aliphatic hydroxyl groups is 1. The molecule has 6 aliphatic rings. The summed E-state index contributed by atoms with van der Waals surface area (Å²) in [6, 6.07) is 17.9. The monoisotopic (exact) mass is 630 g/mol. The van der Waals surface area contributed by atoms with E-state index in [1.165, 1.54) is 6.92 Å². The van der Waals surface area contributed by atoms with E-state index in [2.05, 4.69) is 6.58 Å². The summed E-state index contributed by atoms with van der Waals surface area (Å²) in [6.45, 7) is 12.8. The van der Waals surface area contributed by atoms with Crippen molar-refractivity contribution < 1.29 is 47.9 Å². The molecule has 10 nitrogen and oxygen atoms in total. The largest absolute Gasteiger partial charge is 0.456 e. The van der Waals surface area contributed by atoms with E-state index in [0.29, 0.717) is 16.7 Å². The van der Waals surface area contributed by atoms with Crippen molar-refractivity contribution in [3.8, 4) is 0 Å². The molecule has 3 aliphatic carbocycles. The number of hydrogen-bond donors (Lipinski definition) is 1. The van der Waals surface area contributed by atoms with Crippen LogP contribution in [-0.2, 0) is 44.0 Å². The van der Waals surface area contributed by atoms with Gasteiger partial charge in [-0.05, 0) is 38.0 Å². The molecular weight excluding hydrogens is 592 g/mol. The van der Waals surface area contributed by atoms with Crippen molar-refractivity contribution in [2.75, 3.05) is 0 Å². The lowest BCUT2D eigenvalue weighted by Crippen LogP contribution is -2.76. The zero-order chi connectivity index (χ0) is 32.6. The maximum Gasteiger partial charge on any atom is 0.338 e. The maximum atomic E-state index is 14.2. The van der Waals surface area contributed by atoms with Gasteiger partial charge in [-0.25, -0.2) is 4.79 Å². The van der Waals surface area contributed by atoms with Crippen LogP contribution in [-0.4, -0.2) is 69.6 Å². The number of fused-ring (bicyclic) bond motifs is 3. The number of hydrogen-bond acceptors (Lipinski definition) is 10. The molecule has 8 rings (SSSR count). The Balaban J connectivity index is 1.40. The summed E-state index contributed by atoms with van der Waals surface area (Å²) in [7, 11) is 0. The summed E-state index contributed by atoms with van der Waals surface area (Å²) < 4.78 is 40.0. The van der Waals surface area contributed by atoms with Crippen LogP contribution in [0.2, 0.25) is 0 Å². The third-order valence-corrected chi connectivity index (χ3v) is 11.7. The van der Waals surface area contributed by atoms with E-state index in [1.807, 2.05) is 50.2 Å². The molecule has 13 atom stereocenters. The van der Waals surface area contributed by atoms with Crippen molar-refractivity contribution in [1.82, 2.24) is 0 Å². The third-order valence-electron chi connectivity index (χ3n) is 11.7. The number of ketones is 1. The Morgan fingerprint density at radius 3 is 2.22 bits per heavy atom. The fourth-order valence-corrected chi connectivity index (χ4v) is 9.81. The van der Waals surface area contributed by atoms with Gasteiger partial charge in [-0.1, -0.05) is 69.0 Å². The van der Waals surface area contributed by atoms with Crippen LogP contribution in [0.4, 0.5) is 0 Å². The number of esters is 2. The molecule has 0 radical (unpaired) electrons. The van der Waals surface area contributed by atoms with E-state index < -0.39 is 94.2 Å². The molecule has 3 bridgehead atoms. The highest BCUT2D eigenvalue weighted by Gasteiger charge is 2.91. The SMILES string of the molecule is C=C(C)[C@@]12OC3(c4ccccc4)O[C@@H]1[C@@H]1[C@@H]4O[C@]4(C)[C@@H](OC(C)=O)[C@]4(O)C(=O)[C@@H](C)C[C@H]4[C@@]1(O3)[C@H](C)[C@@H]2OC(=O)c1ccccc1. The zero-order valence-electron chi connectivity index (χ0n) is 26.4. The molecule has 2 aromatic rings. The third kappa shape index (κ3) is 3.41. The summed E-state index contributed by atoms with van der Waals surface area (Å²) in [5.41, 5.74) is -4.77. The van der Waals surface area contributed by atoms with Crippen LogP contribution < -0.4 is 0 Å². The van der Waals surface area contributed by atoms with Crippen LogP contribution >= 0.6 is 0 Å². The van der Waals surface area contributed by atoms with Gasteiger partial charge < -0.3 is 33.5 Å². The maximum absolute atomic E-state index is 14.2. The van der Waals surface area contributed by atoms with E-state index >= 15 is 0 Å². The van der Waals surface area contributed by atoms with Crippen LogP contribution in [0.5, 0.6) is 0 Å². The molecular formula is C36H38O10. The minimum atomic E-state index is -2.18. The minimum Gasteiger partial charge on any atom is -0.456 e. The summed E-state index contributed by atoms with van der Waals surface area (Å²) in [6.07, 6.45) is -3.60. The summed E-state index contributed by atoms with van der Waals surface area (Å²) in [5, 5.41) is 12.8. The standard InChI is InChI=1S/C36H38O10/c1-18(2)34-27(42-30(39)22-13-9-7-10-14-22)20(4)35-24-17-19(3)26(38)33(24,40)31(41-21(5)37)32(6)28(43-32)25(35)29(34)44-36(45-34,46-35)23-15-11-8-12-16-23/h7-16,19-20,24-25,27-29,31,40H,1,17H2,2-6H3/t19-,20+,24+,25-,27-,28-,29+,31+,32-,33+,34-,35-,36?/m0/s1. The number of epoxide rings is 1. The predicted molar refractivity (Wildman–Crippen MR) is 160 cm³/mol. The summed E-state index contributed by atoms with van der Waals surface area (Å²) in [5.74, 6) is -6.28. The molecule has 0 amide bonds. The molecule has 0 aromatic heterocycles. The number of ether oxygens (including phenoxy) is 6. The smallest absolute Gasteiger partial charge is 0.338 e. The summed E-state index contributed by atoms with van der Waals surface area (Å²) >= 11 is 0. The van der Waals surface area contributed by atoms with Gasteiger partial charge in [-0.2, -0.15) is 0 Å². The second kappa shape index (κ2) is 9.35. The van der Waals surface area contributed by atoms with E-state index in [-0.39, 0.29) is 6.42 Å². The zero-order valence-corrected chi connectivity index (χ0v) is 26.4. The number of Topliss-reactive ketones (excluding diaryl/α,β-unsaturated/α-hetero) is 1. The topological polar surface area (TPSA) is 130 Å². The average Bonchev–Trinajstić information content (AvgIpc) is 3.58. The van der Waals surface area contributed by atoms with E-state index in [0.717, 1.165) is 0 Å². The highest BCUT2D eigenvalue weighted by atomic mass is 16.9. The first kappa shape index (κ1) is 30.0. The van der Waals surface area contributed by atoms with Gasteiger partial charge in [0.1, 0.15) is 17.8 Å². The van der Waals surface area contributed by atoms with Gasteiger partial charge >= 0.3 is 17.9 Å². The Morgan fingerprint density at radius 2 is 1.59 bits per heavy atom. The Morgan fingerprint density at radius 1 is 0.935 bits per heavy atom. The molecule has 6 fully saturated rings. The van der Waals surface area contributed by atoms with Crippen LogP contribution in [0.15, 0.2) is 72.8 Å². The molecule has 10 heteroatoms. The number of benzene rings is 2. The molecule has 46 heavy (non-hydrogen) atoms. The van der Waals surface area contributed by atoms with Crippen LogP contribution in [0, 0.1) is 23.7 Å². The first-order valence-electron chi connectivity index (χ1n) is 15.9. The van der Waals surface area contributed by atoms with Crippen molar-refractivity contribution >= 4 is 17.7 Å². The molecule has 0 spiro atoms. The molecule has 3 saturated heterocycles.